The van der Waals surface area contributed by atoms with Gasteiger partial charge in [0.05, 0.1) is 16.9 Å². The number of aromatic amines is 1. The molecule has 3 heterocycles. The predicted molar refractivity (Wildman–Crippen MR) is 107 cm³/mol. The summed E-state index contributed by atoms with van der Waals surface area (Å²) in [4.78, 5) is 36.6. The summed E-state index contributed by atoms with van der Waals surface area (Å²) in [5, 5.41) is 4.14. The lowest BCUT2D eigenvalue weighted by atomic mass is 9.97. The molecule has 26 heavy (non-hydrogen) atoms. The van der Waals surface area contributed by atoms with E-state index < -0.39 is 0 Å². The van der Waals surface area contributed by atoms with Gasteiger partial charge in [0.15, 0.2) is 0 Å². The highest BCUT2D eigenvalue weighted by Gasteiger charge is 2.21. The van der Waals surface area contributed by atoms with Crippen LogP contribution in [0.25, 0.3) is 10.2 Å². The van der Waals surface area contributed by atoms with E-state index in [0.29, 0.717) is 23.4 Å². The van der Waals surface area contributed by atoms with E-state index in [0.717, 1.165) is 49.1 Å². The van der Waals surface area contributed by atoms with Crippen molar-refractivity contribution in [2.24, 2.45) is 0 Å². The number of hydrogen-bond acceptors (Lipinski definition) is 6. The minimum Gasteiger partial charge on any atom is -0.339 e. The Balaban J connectivity index is 1.41. The lowest BCUT2D eigenvalue weighted by Gasteiger charge is -2.31. The monoisotopic (exact) mass is 392 g/mol. The molecule has 1 amide bonds. The summed E-state index contributed by atoms with van der Waals surface area (Å²) in [6, 6.07) is 0.350. The van der Waals surface area contributed by atoms with Crippen LogP contribution < -0.4 is 10.9 Å². The molecule has 1 fully saturated rings. The zero-order valence-electron chi connectivity index (χ0n) is 15.0. The Morgan fingerprint density at radius 1 is 1.38 bits per heavy atom. The lowest BCUT2D eigenvalue weighted by molar-refractivity contribution is -0.129. The van der Waals surface area contributed by atoms with E-state index in [1.165, 1.54) is 28.6 Å². The van der Waals surface area contributed by atoms with Crippen molar-refractivity contribution < 1.29 is 4.79 Å². The van der Waals surface area contributed by atoms with Crippen LogP contribution in [0.5, 0.6) is 0 Å². The summed E-state index contributed by atoms with van der Waals surface area (Å²) in [5.41, 5.74) is 1.19. The van der Waals surface area contributed by atoms with Crippen molar-refractivity contribution in [1.29, 1.82) is 0 Å². The van der Waals surface area contributed by atoms with Crippen LogP contribution >= 0.6 is 23.1 Å². The molecular formula is C18H24N4O2S2. The SMILES string of the molecule is CC1CN(C(=O)CSCc2nc3sc4c(c3c(=O)[nH]2)CCCC4)CCN1. The second-order valence-electron chi connectivity index (χ2n) is 7.09. The normalized spacial score (nSPS) is 20.3. The fourth-order valence-electron chi connectivity index (χ4n) is 3.76. The van der Waals surface area contributed by atoms with Gasteiger partial charge in [-0.15, -0.1) is 23.1 Å². The molecule has 2 aliphatic rings. The number of nitrogens with zero attached hydrogens (tertiary/aromatic N) is 2. The van der Waals surface area contributed by atoms with Gasteiger partial charge in [0.2, 0.25) is 5.91 Å². The molecule has 0 aromatic carbocycles. The number of aromatic nitrogens is 2. The minimum atomic E-state index is -0.0211. The first-order chi connectivity index (χ1) is 12.6. The van der Waals surface area contributed by atoms with Crippen molar-refractivity contribution in [2.75, 3.05) is 25.4 Å². The zero-order chi connectivity index (χ0) is 18.1. The van der Waals surface area contributed by atoms with E-state index in [1.807, 2.05) is 4.90 Å². The molecule has 0 spiro atoms. The molecule has 4 rings (SSSR count). The Morgan fingerprint density at radius 2 is 2.23 bits per heavy atom. The van der Waals surface area contributed by atoms with Crippen LogP contribution in [-0.2, 0) is 23.4 Å². The van der Waals surface area contributed by atoms with Crippen LogP contribution in [-0.4, -0.2) is 52.2 Å². The van der Waals surface area contributed by atoms with Crippen molar-refractivity contribution in [3.63, 3.8) is 0 Å². The third-order valence-corrected chi connectivity index (χ3v) is 7.17. The van der Waals surface area contributed by atoms with Crippen LogP contribution in [0.4, 0.5) is 0 Å². The van der Waals surface area contributed by atoms with Gasteiger partial charge in [-0.05, 0) is 38.2 Å². The van der Waals surface area contributed by atoms with Crippen LogP contribution in [0.15, 0.2) is 4.79 Å². The molecule has 8 heteroatoms. The number of nitrogens with one attached hydrogen (secondary N) is 2. The average molecular weight is 393 g/mol. The van der Waals surface area contributed by atoms with E-state index in [1.54, 1.807) is 11.3 Å². The van der Waals surface area contributed by atoms with Gasteiger partial charge in [-0.2, -0.15) is 0 Å². The molecule has 6 nitrogen and oxygen atoms in total. The number of thioether (sulfide) groups is 1. The van der Waals surface area contributed by atoms with Crippen LogP contribution in [0.3, 0.4) is 0 Å². The van der Waals surface area contributed by atoms with E-state index in [-0.39, 0.29) is 11.5 Å². The quantitative estimate of drug-likeness (QED) is 0.831. The Morgan fingerprint density at radius 3 is 3.08 bits per heavy atom. The number of piperazine rings is 1. The molecule has 1 aliphatic heterocycles. The fraction of sp³-hybridized carbons (Fsp3) is 0.611. The maximum Gasteiger partial charge on any atom is 0.259 e. The standard InChI is InChI=1S/C18H24N4O2S2/c1-11-8-22(7-6-19-11)15(23)10-25-9-14-20-17(24)16-12-4-2-3-5-13(12)26-18(16)21-14/h11,19H,2-10H2,1H3,(H,20,21,24). The number of rotatable bonds is 4. The Hall–Kier alpha value is -1.38. The highest BCUT2D eigenvalue weighted by molar-refractivity contribution is 7.99. The average Bonchev–Trinajstić information content (AvgIpc) is 3.00. The van der Waals surface area contributed by atoms with Gasteiger partial charge in [-0.1, -0.05) is 0 Å². The van der Waals surface area contributed by atoms with Gasteiger partial charge in [-0.25, -0.2) is 4.98 Å². The number of hydrogen-bond donors (Lipinski definition) is 2. The van der Waals surface area contributed by atoms with Gasteiger partial charge >= 0.3 is 0 Å². The van der Waals surface area contributed by atoms with E-state index in [9.17, 15) is 9.59 Å². The molecule has 2 aromatic rings. The van der Waals surface area contributed by atoms with Crippen molar-refractivity contribution >= 4 is 39.2 Å². The fourth-order valence-corrected chi connectivity index (χ4v) is 5.83. The molecule has 2 aromatic heterocycles. The molecular weight excluding hydrogens is 368 g/mol. The number of H-pyrrole nitrogens is 1. The molecule has 1 saturated heterocycles. The van der Waals surface area contributed by atoms with Crippen LogP contribution in [0.2, 0.25) is 0 Å². The summed E-state index contributed by atoms with van der Waals surface area (Å²) in [6.45, 7) is 4.48. The van der Waals surface area contributed by atoms with Crippen LogP contribution in [0, 0.1) is 0 Å². The Kier molecular flexibility index (Phi) is 5.33. The molecule has 0 bridgehead atoms. The third kappa shape index (κ3) is 3.68. The summed E-state index contributed by atoms with van der Waals surface area (Å²) in [7, 11) is 0. The molecule has 2 N–H and O–H groups in total. The predicted octanol–water partition coefficient (Wildman–Crippen LogP) is 1.92. The molecule has 0 saturated carbocycles. The third-order valence-electron chi connectivity index (χ3n) is 5.06. The smallest absolute Gasteiger partial charge is 0.259 e. The zero-order valence-corrected chi connectivity index (χ0v) is 16.6. The van der Waals surface area contributed by atoms with Gasteiger partial charge < -0.3 is 15.2 Å². The maximum atomic E-state index is 12.5. The molecule has 0 radical (unpaired) electrons. The van der Waals surface area contributed by atoms with Gasteiger partial charge in [-0.3, -0.25) is 9.59 Å². The van der Waals surface area contributed by atoms with Crippen molar-refractivity contribution in [1.82, 2.24) is 20.2 Å². The second kappa shape index (κ2) is 7.70. The molecule has 140 valence electrons. The largest absolute Gasteiger partial charge is 0.339 e. The van der Waals surface area contributed by atoms with E-state index in [4.69, 9.17) is 0 Å². The lowest BCUT2D eigenvalue weighted by Crippen LogP contribution is -2.51. The maximum absolute atomic E-state index is 12.5. The van der Waals surface area contributed by atoms with Gasteiger partial charge in [0.1, 0.15) is 10.7 Å². The van der Waals surface area contributed by atoms with Gasteiger partial charge in [0, 0.05) is 30.6 Å². The molecule has 1 atom stereocenters. The summed E-state index contributed by atoms with van der Waals surface area (Å²) < 4.78 is 0. The highest BCUT2D eigenvalue weighted by Crippen LogP contribution is 2.33. The first-order valence-electron chi connectivity index (χ1n) is 9.24. The number of aryl methyl sites for hydroxylation is 2. The van der Waals surface area contributed by atoms with Crippen molar-refractivity contribution in [3.05, 3.63) is 26.6 Å². The highest BCUT2D eigenvalue weighted by atomic mass is 32.2. The number of fused-ring (bicyclic) bond motifs is 3. The van der Waals surface area contributed by atoms with Gasteiger partial charge in [0.25, 0.3) is 5.56 Å². The topological polar surface area (TPSA) is 78.1 Å². The van der Waals surface area contributed by atoms with E-state index in [2.05, 4.69) is 22.2 Å². The number of amides is 1. The second-order valence-corrected chi connectivity index (χ2v) is 9.16. The number of carbonyl (C=O) groups is 1. The minimum absolute atomic E-state index is 0.0211. The molecule has 1 aliphatic carbocycles. The summed E-state index contributed by atoms with van der Waals surface area (Å²) in [6.07, 6.45) is 4.42. The Bertz CT molecular complexity index is 876. The van der Waals surface area contributed by atoms with Crippen molar-refractivity contribution in [3.8, 4) is 0 Å². The first kappa shape index (κ1) is 18.0. The molecule has 1 unspecified atom stereocenters. The Labute approximate surface area is 160 Å². The van der Waals surface area contributed by atoms with Crippen molar-refractivity contribution in [2.45, 2.75) is 44.4 Å². The van der Waals surface area contributed by atoms with Crippen LogP contribution in [0.1, 0.15) is 36.0 Å². The summed E-state index contributed by atoms with van der Waals surface area (Å²) >= 11 is 3.19. The van der Waals surface area contributed by atoms with E-state index >= 15 is 0 Å². The number of thiophene rings is 1. The first-order valence-corrected chi connectivity index (χ1v) is 11.2. The number of carbonyl (C=O) groups excluding carboxylic acids is 1. The summed E-state index contributed by atoms with van der Waals surface area (Å²) in [5.74, 6) is 1.82.